The van der Waals surface area contributed by atoms with Crippen molar-refractivity contribution in [3.8, 4) is 0 Å². The van der Waals surface area contributed by atoms with Crippen molar-refractivity contribution < 1.29 is 9.59 Å². The van der Waals surface area contributed by atoms with Crippen LogP contribution in [0.2, 0.25) is 5.15 Å². The van der Waals surface area contributed by atoms with Crippen LogP contribution in [0.3, 0.4) is 0 Å². The molecule has 1 aliphatic heterocycles. The fraction of sp³-hybridized carbons (Fsp3) is 0.500. The van der Waals surface area contributed by atoms with Gasteiger partial charge in [-0.1, -0.05) is 24.6 Å². The van der Waals surface area contributed by atoms with E-state index in [-0.39, 0.29) is 11.7 Å². The number of amides is 1. The summed E-state index contributed by atoms with van der Waals surface area (Å²) >= 11 is 5.95. The standard InChI is InChI=1S/C14H17ClN2O2/c1-5-14(8(2)18)11-9(6-7-10(15)16-11)13(3,4)17-12(14)19/h6-7H,5H2,1-4H3,(H,17,19). The van der Waals surface area contributed by atoms with Crippen LogP contribution < -0.4 is 5.32 Å². The molecular formula is C14H17ClN2O2. The first-order chi connectivity index (χ1) is 8.75. The second-order valence-corrected chi connectivity index (χ2v) is 5.81. The lowest BCUT2D eigenvalue weighted by Crippen LogP contribution is -2.59. The normalized spacial score (nSPS) is 24.6. The molecule has 2 rings (SSSR count). The number of carbonyl (C=O) groups is 2. The van der Waals surface area contributed by atoms with Crippen molar-refractivity contribution in [2.24, 2.45) is 0 Å². The quantitative estimate of drug-likeness (QED) is 0.668. The lowest BCUT2D eigenvalue weighted by Gasteiger charge is -2.42. The van der Waals surface area contributed by atoms with Gasteiger partial charge in [0.2, 0.25) is 5.91 Å². The molecule has 0 fully saturated rings. The van der Waals surface area contributed by atoms with Crippen LogP contribution in [-0.4, -0.2) is 16.7 Å². The molecule has 102 valence electrons. The van der Waals surface area contributed by atoms with Crippen molar-refractivity contribution in [3.63, 3.8) is 0 Å². The van der Waals surface area contributed by atoms with Gasteiger partial charge in [-0.05, 0) is 33.3 Å². The Bertz CT molecular complexity index is 569. The molecule has 1 amide bonds. The van der Waals surface area contributed by atoms with E-state index in [0.29, 0.717) is 17.3 Å². The van der Waals surface area contributed by atoms with Crippen LogP contribution in [0, 0.1) is 0 Å². The Morgan fingerprint density at radius 3 is 2.58 bits per heavy atom. The summed E-state index contributed by atoms with van der Waals surface area (Å²) in [6.45, 7) is 7.01. The molecule has 0 aliphatic carbocycles. The number of Topliss-reactive ketones (excluding diaryl/α,β-unsaturated/α-hetero) is 1. The molecule has 0 saturated carbocycles. The lowest BCUT2D eigenvalue weighted by atomic mass is 9.69. The molecule has 1 unspecified atom stereocenters. The zero-order chi connectivity index (χ0) is 14.4. The van der Waals surface area contributed by atoms with Gasteiger partial charge in [-0.2, -0.15) is 0 Å². The van der Waals surface area contributed by atoms with Gasteiger partial charge in [0.15, 0.2) is 5.78 Å². The number of fused-ring (bicyclic) bond motifs is 1. The number of nitrogens with one attached hydrogen (secondary N) is 1. The number of hydrogen-bond donors (Lipinski definition) is 1. The first-order valence-corrected chi connectivity index (χ1v) is 6.64. The van der Waals surface area contributed by atoms with E-state index in [2.05, 4.69) is 10.3 Å². The van der Waals surface area contributed by atoms with E-state index in [0.717, 1.165) is 5.56 Å². The molecular weight excluding hydrogens is 264 g/mol. The highest BCUT2D eigenvalue weighted by Gasteiger charge is 2.52. The molecule has 1 aliphatic rings. The van der Waals surface area contributed by atoms with Crippen LogP contribution in [-0.2, 0) is 20.5 Å². The summed E-state index contributed by atoms with van der Waals surface area (Å²) in [6.07, 6.45) is 0.366. The number of rotatable bonds is 2. The lowest BCUT2D eigenvalue weighted by molar-refractivity contribution is -0.138. The highest BCUT2D eigenvalue weighted by molar-refractivity contribution is 6.29. The number of hydrogen-bond acceptors (Lipinski definition) is 3. The minimum atomic E-state index is -1.23. The molecule has 0 spiro atoms. The average molecular weight is 281 g/mol. The molecule has 19 heavy (non-hydrogen) atoms. The first kappa shape index (κ1) is 14.0. The maximum Gasteiger partial charge on any atom is 0.240 e. The minimum Gasteiger partial charge on any atom is -0.346 e. The Morgan fingerprint density at radius 1 is 1.42 bits per heavy atom. The summed E-state index contributed by atoms with van der Waals surface area (Å²) in [5.41, 5.74) is -0.453. The van der Waals surface area contributed by atoms with Crippen molar-refractivity contribution in [1.29, 1.82) is 0 Å². The van der Waals surface area contributed by atoms with Gasteiger partial charge in [-0.15, -0.1) is 0 Å². The highest BCUT2D eigenvalue weighted by atomic mass is 35.5. The van der Waals surface area contributed by atoms with E-state index >= 15 is 0 Å². The Hall–Kier alpha value is -1.42. The molecule has 2 heterocycles. The molecule has 0 aromatic carbocycles. The molecule has 0 bridgehead atoms. The SMILES string of the molecule is CCC1(C(C)=O)C(=O)NC(C)(C)c2ccc(Cl)nc21. The fourth-order valence-electron chi connectivity index (χ4n) is 2.73. The van der Waals surface area contributed by atoms with Crippen molar-refractivity contribution in [3.05, 3.63) is 28.5 Å². The van der Waals surface area contributed by atoms with Crippen molar-refractivity contribution in [1.82, 2.24) is 10.3 Å². The summed E-state index contributed by atoms with van der Waals surface area (Å²) in [5.74, 6) is -0.506. The number of pyridine rings is 1. The smallest absolute Gasteiger partial charge is 0.240 e. The Kier molecular flexibility index (Phi) is 3.17. The summed E-state index contributed by atoms with van der Waals surface area (Å²) in [7, 11) is 0. The van der Waals surface area contributed by atoms with Gasteiger partial charge in [0.05, 0.1) is 11.2 Å². The fourth-order valence-corrected chi connectivity index (χ4v) is 2.88. The molecule has 1 aromatic heterocycles. The molecule has 0 saturated heterocycles. The van der Waals surface area contributed by atoms with E-state index in [4.69, 9.17) is 11.6 Å². The molecule has 1 N–H and O–H groups in total. The number of nitrogens with zero attached hydrogens (tertiary/aromatic N) is 1. The third-order valence-corrected chi connectivity index (χ3v) is 4.09. The van der Waals surface area contributed by atoms with Crippen LogP contribution in [0.5, 0.6) is 0 Å². The second-order valence-electron chi connectivity index (χ2n) is 5.42. The number of halogens is 1. The predicted molar refractivity (Wildman–Crippen MR) is 73.1 cm³/mol. The Labute approximate surface area is 117 Å². The largest absolute Gasteiger partial charge is 0.346 e. The van der Waals surface area contributed by atoms with E-state index < -0.39 is 11.0 Å². The Morgan fingerprint density at radius 2 is 2.05 bits per heavy atom. The summed E-state index contributed by atoms with van der Waals surface area (Å²) < 4.78 is 0. The van der Waals surface area contributed by atoms with Gasteiger partial charge in [0.25, 0.3) is 0 Å². The Balaban J connectivity index is 2.82. The zero-order valence-electron chi connectivity index (χ0n) is 11.5. The van der Waals surface area contributed by atoms with Gasteiger partial charge in [0.1, 0.15) is 10.6 Å². The predicted octanol–water partition coefficient (Wildman–Crippen LogP) is 2.34. The topological polar surface area (TPSA) is 59.1 Å². The van der Waals surface area contributed by atoms with Crippen LogP contribution in [0.4, 0.5) is 0 Å². The third-order valence-electron chi connectivity index (χ3n) is 3.88. The zero-order valence-corrected chi connectivity index (χ0v) is 12.3. The molecule has 1 aromatic rings. The summed E-state index contributed by atoms with van der Waals surface area (Å²) in [5, 5.41) is 3.21. The van der Waals surface area contributed by atoms with Crippen LogP contribution >= 0.6 is 11.6 Å². The first-order valence-electron chi connectivity index (χ1n) is 6.27. The third kappa shape index (κ3) is 1.86. The van der Waals surface area contributed by atoms with E-state index in [1.165, 1.54) is 6.92 Å². The van der Waals surface area contributed by atoms with Crippen molar-refractivity contribution in [2.45, 2.75) is 45.1 Å². The van der Waals surface area contributed by atoms with Crippen molar-refractivity contribution in [2.75, 3.05) is 0 Å². The van der Waals surface area contributed by atoms with Crippen LogP contribution in [0.15, 0.2) is 12.1 Å². The molecule has 0 radical (unpaired) electrons. The second kappa shape index (κ2) is 4.30. The van der Waals surface area contributed by atoms with Crippen LogP contribution in [0.25, 0.3) is 0 Å². The monoisotopic (exact) mass is 280 g/mol. The number of aromatic nitrogens is 1. The molecule has 1 atom stereocenters. The molecule has 4 nitrogen and oxygen atoms in total. The van der Waals surface area contributed by atoms with Gasteiger partial charge in [-0.3, -0.25) is 9.59 Å². The average Bonchev–Trinajstić information content (AvgIpc) is 2.28. The maximum absolute atomic E-state index is 12.5. The van der Waals surface area contributed by atoms with Crippen molar-refractivity contribution >= 4 is 23.3 Å². The van der Waals surface area contributed by atoms with Gasteiger partial charge in [0, 0.05) is 5.56 Å². The summed E-state index contributed by atoms with van der Waals surface area (Å²) in [4.78, 5) is 28.9. The van der Waals surface area contributed by atoms with E-state index in [1.54, 1.807) is 6.07 Å². The van der Waals surface area contributed by atoms with Gasteiger partial charge < -0.3 is 5.32 Å². The maximum atomic E-state index is 12.5. The minimum absolute atomic E-state index is 0.209. The van der Waals surface area contributed by atoms with Crippen LogP contribution in [0.1, 0.15) is 45.4 Å². The highest BCUT2D eigenvalue weighted by Crippen LogP contribution is 2.40. The molecule has 5 heteroatoms. The number of ketones is 1. The van der Waals surface area contributed by atoms with Gasteiger partial charge in [-0.25, -0.2) is 4.98 Å². The van der Waals surface area contributed by atoms with E-state index in [1.807, 2.05) is 26.8 Å². The van der Waals surface area contributed by atoms with Gasteiger partial charge >= 0.3 is 0 Å². The summed E-state index contributed by atoms with van der Waals surface area (Å²) in [6, 6.07) is 3.51. The number of carbonyl (C=O) groups excluding carboxylic acids is 2. The van der Waals surface area contributed by atoms with E-state index in [9.17, 15) is 9.59 Å².